The highest BCUT2D eigenvalue weighted by Gasteiger charge is 2.34. The number of aromatic amines is 1. The van der Waals surface area contributed by atoms with Gasteiger partial charge in [0.1, 0.15) is 18.4 Å². The minimum atomic E-state index is -0.753. The molecule has 0 aliphatic heterocycles. The van der Waals surface area contributed by atoms with Gasteiger partial charge < -0.3 is 35.5 Å². The number of methoxy groups -OCH3 is 1. The summed E-state index contributed by atoms with van der Waals surface area (Å²) in [4.78, 5) is 68.4. The van der Waals surface area contributed by atoms with E-state index in [0.29, 0.717) is 18.9 Å². The molecule has 0 bridgehead atoms. The Morgan fingerprint density at radius 1 is 0.919 bits per heavy atom. The van der Waals surface area contributed by atoms with Crippen LogP contribution in [0.15, 0.2) is 96.0 Å². The number of nitrogens with zero attached hydrogens (tertiary/aromatic N) is 4. The highest BCUT2D eigenvalue weighted by Crippen LogP contribution is 2.37. The lowest BCUT2D eigenvalue weighted by atomic mass is 9.97. The van der Waals surface area contributed by atoms with E-state index in [1.54, 1.807) is 16.0 Å². The Labute approximate surface area is 362 Å². The highest BCUT2D eigenvalue weighted by atomic mass is 16.5. The summed E-state index contributed by atoms with van der Waals surface area (Å²) < 4.78 is 4.65. The molecule has 13 nitrogen and oxygen atoms in total. The number of hydrogen-bond donors (Lipinski definition) is 4. The van der Waals surface area contributed by atoms with Crippen LogP contribution in [-0.4, -0.2) is 89.6 Å². The summed E-state index contributed by atoms with van der Waals surface area (Å²) in [6.07, 6.45) is 3.61. The molecule has 6 aromatic rings. The van der Waals surface area contributed by atoms with E-state index >= 15 is 0 Å². The molecule has 5 aromatic carbocycles. The Kier molecular flexibility index (Phi) is 13.5. The Balaban J connectivity index is 1.09. The van der Waals surface area contributed by atoms with Gasteiger partial charge in [0, 0.05) is 42.5 Å². The molecule has 1 aliphatic carbocycles. The maximum atomic E-state index is 14.0. The molecular weight excluding hydrogens is 781 g/mol. The Morgan fingerprint density at radius 2 is 1.61 bits per heavy atom. The number of imidazole rings is 1. The summed E-state index contributed by atoms with van der Waals surface area (Å²) in [7, 11) is 3.15. The number of H-pyrrole nitrogens is 1. The summed E-state index contributed by atoms with van der Waals surface area (Å²) in [5.41, 5.74) is 6.23. The van der Waals surface area contributed by atoms with Crippen LogP contribution in [0.4, 0.5) is 16.2 Å². The van der Waals surface area contributed by atoms with Gasteiger partial charge >= 0.3 is 6.09 Å². The number of fused-ring (bicyclic) bond motifs is 4. The average molecular weight is 837 g/mol. The molecule has 1 saturated carbocycles. The lowest BCUT2D eigenvalue weighted by molar-refractivity contribution is -0.136. The average Bonchev–Trinajstić information content (AvgIpc) is 4.07. The van der Waals surface area contributed by atoms with Crippen molar-refractivity contribution >= 4 is 74.0 Å². The molecule has 7 rings (SSSR count). The maximum Gasteiger partial charge on any atom is 0.407 e. The topological polar surface area (TPSA) is 161 Å². The van der Waals surface area contributed by atoms with E-state index in [2.05, 4.69) is 88.0 Å². The van der Waals surface area contributed by atoms with E-state index < -0.39 is 12.1 Å². The minimum absolute atomic E-state index is 0.0107. The Morgan fingerprint density at radius 3 is 2.27 bits per heavy atom. The second kappa shape index (κ2) is 19.3. The van der Waals surface area contributed by atoms with Crippen molar-refractivity contribution in [1.29, 1.82) is 0 Å². The zero-order valence-electron chi connectivity index (χ0n) is 36.3. The van der Waals surface area contributed by atoms with E-state index in [-0.39, 0.29) is 48.7 Å². The number of carbonyl (C=O) groups is 4. The summed E-state index contributed by atoms with van der Waals surface area (Å²) in [6.45, 7) is 9.07. The van der Waals surface area contributed by atoms with Gasteiger partial charge in [0.05, 0.1) is 42.6 Å². The van der Waals surface area contributed by atoms with Crippen LogP contribution >= 0.6 is 0 Å². The minimum Gasteiger partial charge on any atom is -0.453 e. The molecule has 0 spiro atoms. The number of amides is 4. The van der Waals surface area contributed by atoms with Crippen molar-refractivity contribution in [2.45, 2.75) is 65.6 Å². The van der Waals surface area contributed by atoms with Gasteiger partial charge in [0.15, 0.2) is 0 Å². The molecular formula is C49H56N8O5. The van der Waals surface area contributed by atoms with E-state index in [1.165, 1.54) is 7.11 Å². The maximum absolute atomic E-state index is 14.0. The van der Waals surface area contributed by atoms with Gasteiger partial charge in [0.2, 0.25) is 17.7 Å². The molecule has 322 valence electrons. The zero-order valence-corrected chi connectivity index (χ0v) is 36.3. The smallest absolute Gasteiger partial charge is 0.407 e. The number of alkyl carbamates (subject to hydrolysis) is 1. The number of hydrogen-bond acceptors (Lipinski definition) is 8. The fourth-order valence-corrected chi connectivity index (χ4v) is 7.80. The molecule has 0 unspecified atom stereocenters. The van der Waals surface area contributed by atoms with E-state index in [9.17, 15) is 19.2 Å². The van der Waals surface area contributed by atoms with E-state index in [0.717, 1.165) is 79.9 Å². The molecule has 1 fully saturated rings. The van der Waals surface area contributed by atoms with Crippen LogP contribution < -0.4 is 16.0 Å². The van der Waals surface area contributed by atoms with Crippen LogP contribution in [0.3, 0.4) is 0 Å². The van der Waals surface area contributed by atoms with Crippen molar-refractivity contribution in [2.75, 3.05) is 39.1 Å². The van der Waals surface area contributed by atoms with Gasteiger partial charge in [-0.3, -0.25) is 19.4 Å². The summed E-state index contributed by atoms with van der Waals surface area (Å²) >= 11 is 0. The second-order valence-corrected chi connectivity index (χ2v) is 16.3. The van der Waals surface area contributed by atoms with Gasteiger partial charge in [-0.1, -0.05) is 87.5 Å². The molecule has 1 aliphatic rings. The molecule has 1 heterocycles. The van der Waals surface area contributed by atoms with Crippen molar-refractivity contribution in [3.63, 3.8) is 0 Å². The molecule has 4 amide bonds. The van der Waals surface area contributed by atoms with Crippen molar-refractivity contribution in [3.05, 3.63) is 102 Å². The first-order valence-corrected chi connectivity index (χ1v) is 21.4. The number of aromatic nitrogens is 2. The van der Waals surface area contributed by atoms with E-state index in [4.69, 9.17) is 9.98 Å². The van der Waals surface area contributed by atoms with Gasteiger partial charge in [-0.2, -0.15) is 0 Å². The van der Waals surface area contributed by atoms with E-state index in [1.807, 2.05) is 63.4 Å². The monoisotopic (exact) mass is 836 g/mol. The summed E-state index contributed by atoms with van der Waals surface area (Å²) in [6, 6.07) is 29.5. The second-order valence-electron chi connectivity index (χ2n) is 16.3. The zero-order chi connectivity index (χ0) is 43.9. The van der Waals surface area contributed by atoms with Crippen molar-refractivity contribution in [2.24, 2.45) is 16.8 Å². The van der Waals surface area contributed by atoms with Gasteiger partial charge in [-0.15, -0.1) is 0 Å². The lowest BCUT2D eigenvalue weighted by Crippen LogP contribution is -2.46. The fraction of sp³-hybridized carbons (Fsp3) is 0.347. The van der Waals surface area contributed by atoms with Crippen molar-refractivity contribution < 1.29 is 23.9 Å². The third kappa shape index (κ3) is 9.72. The number of carbonyl (C=O) groups excluding carboxylic acids is 4. The predicted octanol–water partition coefficient (Wildman–Crippen LogP) is 8.52. The number of ether oxygens (including phenoxy) is 1. The number of rotatable bonds is 17. The van der Waals surface area contributed by atoms with Gasteiger partial charge in [-0.05, 0) is 83.8 Å². The van der Waals surface area contributed by atoms with Gasteiger partial charge in [0.25, 0.3) is 0 Å². The van der Waals surface area contributed by atoms with Crippen LogP contribution in [0, 0.1) is 11.8 Å². The largest absolute Gasteiger partial charge is 0.453 e. The number of benzene rings is 5. The Hall–Kier alpha value is -6.76. The molecule has 0 saturated heterocycles. The Bertz CT molecular complexity index is 2620. The highest BCUT2D eigenvalue weighted by molar-refractivity contribution is 6.06. The van der Waals surface area contributed by atoms with Crippen LogP contribution in [0.5, 0.6) is 0 Å². The third-order valence-corrected chi connectivity index (χ3v) is 11.7. The normalized spacial score (nSPS) is 13.7. The SMILES string of the molecule is CCCN(CC=Nc1ccc2cc(-c3ccc4c(ccc5[nH]c(CN(C(=O)CNC(=O)OC)[C@H](C)C(C)C)nc54)c3)ccc2c1NC)C(=O)[C@H](NC(=O)C1CC1)c1ccccc1. The molecule has 1 aromatic heterocycles. The first-order chi connectivity index (χ1) is 30.0. The van der Waals surface area contributed by atoms with Crippen LogP contribution in [0.1, 0.15) is 64.4 Å². The first-order valence-electron chi connectivity index (χ1n) is 21.4. The quantitative estimate of drug-likeness (QED) is 0.0670. The fourth-order valence-electron chi connectivity index (χ4n) is 7.80. The third-order valence-electron chi connectivity index (χ3n) is 11.7. The van der Waals surface area contributed by atoms with Crippen molar-refractivity contribution in [1.82, 2.24) is 30.4 Å². The summed E-state index contributed by atoms with van der Waals surface area (Å²) in [5, 5.41) is 13.0. The number of aliphatic imine (C=N–C) groups is 1. The predicted molar refractivity (Wildman–Crippen MR) is 246 cm³/mol. The standard InChI is InChI=1S/C49H56N8O5/c1-7-24-56(48(60)44(32-11-9-8-10-12-32)55-47(59)33-13-14-33)25-23-51-40-21-17-36-26-34(15-19-38(36)45(40)50-5)35-16-20-39-37(27-35)18-22-41-46(39)54-42(53-41)29-57(31(4)30(2)3)43(58)28-52-49(61)62-6/h8-12,15-23,26-27,30-31,33,44,50H,7,13-14,24-25,28-29H2,1-6H3,(H,52,61)(H,53,54)(H,55,59)/t31-,44-/m1/s1. The van der Waals surface area contributed by atoms with Crippen LogP contribution in [0.25, 0.3) is 43.7 Å². The number of anilines is 1. The van der Waals surface area contributed by atoms with Gasteiger partial charge in [-0.25, -0.2) is 9.78 Å². The van der Waals surface area contributed by atoms with Crippen LogP contribution in [-0.2, 0) is 25.7 Å². The molecule has 13 heteroatoms. The molecule has 62 heavy (non-hydrogen) atoms. The van der Waals surface area contributed by atoms with Crippen LogP contribution in [0.2, 0.25) is 0 Å². The molecule has 2 atom stereocenters. The van der Waals surface area contributed by atoms with Crippen molar-refractivity contribution in [3.8, 4) is 11.1 Å². The number of nitrogens with one attached hydrogen (secondary N) is 4. The first kappa shape index (κ1) is 43.3. The molecule has 4 N–H and O–H groups in total. The lowest BCUT2D eigenvalue weighted by Gasteiger charge is -2.31. The molecule has 0 radical (unpaired) electrons. The summed E-state index contributed by atoms with van der Waals surface area (Å²) in [5.74, 6) is 0.398.